The normalized spacial score (nSPS) is 11.1. The summed E-state index contributed by atoms with van der Waals surface area (Å²) in [6.45, 7) is 0.253. The van der Waals surface area contributed by atoms with Crippen LogP contribution < -0.4 is 20.5 Å². The molecule has 0 aliphatic rings. The van der Waals surface area contributed by atoms with E-state index >= 15 is 0 Å². The first-order valence-electron chi connectivity index (χ1n) is 6.65. The molecule has 0 aliphatic carbocycles. The minimum Gasteiger partial charge on any atom is -0.497 e. The SMILES string of the molecule is COc1ccc(NC(N)=NCc2cc(F)cc(OC)c2)cc1. The fraction of sp³-hybridized carbons (Fsp3) is 0.188. The molecule has 5 nitrogen and oxygen atoms in total. The van der Waals surface area contributed by atoms with Crippen molar-refractivity contribution in [3.63, 3.8) is 0 Å². The molecule has 0 saturated carbocycles. The molecule has 0 atom stereocenters. The van der Waals surface area contributed by atoms with Gasteiger partial charge in [0.25, 0.3) is 0 Å². The molecule has 0 bridgehead atoms. The molecule has 0 spiro atoms. The van der Waals surface area contributed by atoms with Gasteiger partial charge in [-0.25, -0.2) is 9.38 Å². The van der Waals surface area contributed by atoms with Gasteiger partial charge in [0.15, 0.2) is 5.96 Å². The van der Waals surface area contributed by atoms with Gasteiger partial charge in [-0.15, -0.1) is 0 Å². The fourth-order valence-corrected chi connectivity index (χ4v) is 1.87. The zero-order valence-electron chi connectivity index (χ0n) is 12.5. The molecule has 0 heterocycles. The number of nitrogens with zero attached hydrogens (tertiary/aromatic N) is 1. The Labute approximate surface area is 128 Å². The number of aliphatic imine (C=N–C) groups is 1. The van der Waals surface area contributed by atoms with Gasteiger partial charge in [-0.2, -0.15) is 0 Å². The maximum absolute atomic E-state index is 13.4. The molecule has 0 unspecified atom stereocenters. The molecule has 0 amide bonds. The van der Waals surface area contributed by atoms with Gasteiger partial charge in [-0.3, -0.25) is 0 Å². The Morgan fingerprint density at radius 1 is 1.09 bits per heavy atom. The quantitative estimate of drug-likeness (QED) is 0.658. The molecule has 0 aliphatic heterocycles. The van der Waals surface area contributed by atoms with E-state index in [0.717, 1.165) is 11.4 Å². The van der Waals surface area contributed by atoms with Crippen molar-refractivity contribution in [3.05, 3.63) is 53.8 Å². The van der Waals surface area contributed by atoms with Crippen LogP contribution in [0.5, 0.6) is 11.5 Å². The smallest absolute Gasteiger partial charge is 0.193 e. The first kappa shape index (κ1) is 15.6. The Bertz CT molecular complexity index is 657. The van der Waals surface area contributed by atoms with Gasteiger partial charge in [-0.05, 0) is 42.0 Å². The second-order valence-corrected chi connectivity index (χ2v) is 4.55. The first-order chi connectivity index (χ1) is 10.6. The lowest BCUT2D eigenvalue weighted by molar-refractivity contribution is 0.410. The molecular weight excluding hydrogens is 285 g/mol. The Kier molecular flexibility index (Phi) is 5.19. The number of hydrogen-bond acceptors (Lipinski definition) is 3. The lowest BCUT2D eigenvalue weighted by Gasteiger charge is -2.07. The number of halogens is 1. The molecule has 3 N–H and O–H groups in total. The van der Waals surface area contributed by atoms with Crippen LogP contribution in [0, 0.1) is 5.82 Å². The van der Waals surface area contributed by atoms with Crippen LogP contribution in [0.25, 0.3) is 0 Å². The van der Waals surface area contributed by atoms with Gasteiger partial charge in [0.05, 0.1) is 20.8 Å². The highest BCUT2D eigenvalue weighted by molar-refractivity contribution is 5.92. The van der Waals surface area contributed by atoms with Crippen molar-refractivity contribution in [2.75, 3.05) is 19.5 Å². The van der Waals surface area contributed by atoms with Crippen LogP contribution in [0.4, 0.5) is 10.1 Å². The number of anilines is 1. The molecule has 22 heavy (non-hydrogen) atoms. The summed E-state index contributed by atoms with van der Waals surface area (Å²) in [5.74, 6) is 1.08. The minimum absolute atomic E-state index is 0.244. The summed E-state index contributed by atoms with van der Waals surface area (Å²) in [7, 11) is 3.09. The molecule has 2 aromatic carbocycles. The number of nitrogens with two attached hydrogens (primary N) is 1. The highest BCUT2D eigenvalue weighted by Gasteiger charge is 2.01. The Morgan fingerprint density at radius 2 is 1.77 bits per heavy atom. The maximum Gasteiger partial charge on any atom is 0.193 e. The number of methoxy groups -OCH3 is 2. The fourth-order valence-electron chi connectivity index (χ4n) is 1.87. The van der Waals surface area contributed by atoms with E-state index in [-0.39, 0.29) is 18.3 Å². The highest BCUT2D eigenvalue weighted by atomic mass is 19.1. The largest absolute Gasteiger partial charge is 0.497 e. The summed E-state index contributed by atoms with van der Waals surface area (Å²) in [5.41, 5.74) is 7.28. The zero-order chi connectivity index (χ0) is 15.9. The molecular formula is C16H18FN3O2. The molecule has 0 saturated heterocycles. The summed E-state index contributed by atoms with van der Waals surface area (Å²) >= 11 is 0. The van der Waals surface area contributed by atoms with Gasteiger partial charge in [0, 0.05) is 11.8 Å². The second kappa shape index (κ2) is 7.31. The molecule has 2 rings (SSSR count). The lowest BCUT2D eigenvalue weighted by Crippen LogP contribution is -2.22. The Balaban J connectivity index is 2.01. The van der Waals surface area contributed by atoms with Crippen molar-refractivity contribution in [2.45, 2.75) is 6.54 Å². The van der Waals surface area contributed by atoms with Gasteiger partial charge in [0.2, 0.25) is 0 Å². The molecule has 2 aromatic rings. The lowest BCUT2D eigenvalue weighted by atomic mass is 10.2. The first-order valence-corrected chi connectivity index (χ1v) is 6.65. The van der Waals surface area contributed by atoms with Gasteiger partial charge >= 0.3 is 0 Å². The number of ether oxygens (including phenoxy) is 2. The molecule has 0 aromatic heterocycles. The summed E-state index contributed by atoms with van der Waals surface area (Å²) < 4.78 is 23.5. The van der Waals surface area contributed by atoms with E-state index < -0.39 is 0 Å². The summed E-state index contributed by atoms with van der Waals surface area (Å²) in [4.78, 5) is 4.18. The van der Waals surface area contributed by atoms with Crippen molar-refractivity contribution in [1.82, 2.24) is 0 Å². The third-order valence-electron chi connectivity index (χ3n) is 2.96. The molecule has 6 heteroatoms. The van der Waals surface area contributed by atoms with Gasteiger partial charge in [-0.1, -0.05) is 0 Å². The van der Waals surface area contributed by atoms with Crippen LogP contribution in [0.15, 0.2) is 47.5 Å². The summed E-state index contributed by atoms with van der Waals surface area (Å²) in [6.07, 6.45) is 0. The third kappa shape index (κ3) is 4.37. The summed E-state index contributed by atoms with van der Waals surface area (Å²) in [5, 5.41) is 2.95. The molecule has 0 radical (unpaired) electrons. The summed E-state index contributed by atoms with van der Waals surface area (Å²) in [6, 6.07) is 11.7. The van der Waals surface area contributed by atoms with Crippen molar-refractivity contribution in [1.29, 1.82) is 0 Å². The number of nitrogens with one attached hydrogen (secondary N) is 1. The minimum atomic E-state index is -0.369. The monoisotopic (exact) mass is 303 g/mol. The van der Waals surface area contributed by atoms with E-state index in [1.54, 1.807) is 13.2 Å². The van der Waals surface area contributed by atoms with Crippen molar-refractivity contribution in [2.24, 2.45) is 10.7 Å². The van der Waals surface area contributed by atoms with Crippen LogP contribution in [0.1, 0.15) is 5.56 Å². The average Bonchev–Trinajstić information content (AvgIpc) is 2.53. The molecule has 116 valence electrons. The van der Waals surface area contributed by atoms with Crippen molar-refractivity contribution < 1.29 is 13.9 Å². The van der Waals surface area contributed by atoms with E-state index in [4.69, 9.17) is 15.2 Å². The van der Waals surface area contributed by atoms with Gasteiger partial charge < -0.3 is 20.5 Å². The highest BCUT2D eigenvalue weighted by Crippen LogP contribution is 2.17. The molecule has 0 fully saturated rings. The number of guanidine groups is 1. The predicted molar refractivity (Wildman–Crippen MR) is 84.9 cm³/mol. The number of rotatable bonds is 5. The second-order valence-electron chi connectivity index (χ2n) is 4.55. The number of benzene rings is 2. The third-order valence-corrected chi connectivity index (χ3v) is 2.96. The average molecular weight is 303 g/mol. The van der Waals surface area contributed by atoms with E-state index in [9.17, 15) is 4.39 Å². The Morgan fingerprint density at radius 3 is 2.41 bits per heavy atom. The van der Waals surface area contributed by atoms with Gasteiger partial charge in [0.1, 0.15) is 17.3 Å². The topological polar surface area (TPSA) is 68.9 Å². The van der Waals surface area contributed by atoms with Crippen LogP contribution in [0.3, 0.4) is 0 Å². The van der Waals surface area contributed by atoms with Crippen LogP contribution in [0.2, 0.25) is 0 Å². The van der Waals surface area contributed by atoms with Crippen LogP contribution in [-0.4, -0.2) is 20.2 Å². The van der Waals surface area contributed by atoms with E-state index in [2.05, 4.69) is 10.3 Å². The van der Waals surface area contributed by atoms with Crippen LogP contribution in [-0.2, 0) is 6.54 Å². The predicted octanol–water partition coefficient (Wildman–Crippen LogP) is 2.77. The number of hydrogen-bond donors (Lipinski definition) is 2. The van der Waals surface area contributed by atoms with E-state index in [1.165, 1.54) is 19.2 Å². The van der Waals surface area contributed by atoms with Crippen molar-refractivity contribution in [3.8, 4) is 11.5 Å². The van der Waals surface area contributed by atoms with Crippen molar-refractivity contribution >= 4 is 11.6 Å². The van der Waals surface area contributed by atoms with Crippen LogP contribution >= 0.6 is 0 Å². The standard InChI is InChI=1S/C16H18FN3O2/c1-21-14-5-3-13(4-6-14)20-16(18)19-10-11-7-12(17)9-15(8-11)22-2/h3-9H,10H2,1-2H3,(H3,18,19,20). The van der Waals surface area contributed by atoms with E-state index in [1.807, 2.05) is 24.3 Å². The zero-order valence-corrected chi connectivity index (χ0v) is 12.5. The van der Waals surface area contributed by atoms with E-state index in [0.29, 0.717) is 11.3 Å². The maximum atomic E-state index is 13.4. The Hall–Kier alpha value is -2.76.